The average molecular weight is 415 g/mol. The van der Waals surface area contributed by atoms with E-state index in [2.05, 4.69) is 11.5 Å². The standard InChI is InChI=1S/C23H30N2O5/c1-15(2)14-29-19-11-16(3)12-20-22(19)17(4)18(23(28)30-20)13-21(27)25-7-5-24(6-8-25)9-10-26/h11-12,26H,1,5-10,13-14H2,2-4H3. The van der Waals surface area contributed by atoms with Gasteiger partial charge in [-0.05, 0) is 49.6 Å². The average Bonchev–Trinajstić information content (AvgIpc) is 2.69. The highest BCUT2D eigenvalue weighted by Crippen LogP contribution is 2.31. The van der Waals surface area contributed by atoms with Gasteiger partial charge in [0.2, 0.25) is 5.91 Å². The third-order valence-electron chi connectivity index (χ3n) is 5.43. The molecule has 1 aliphatic rings. The summed E-state index contributed by atoms with van der Waals surface area (Å²) in [5.74, 6) is 0.533. The lowest BCUT2D eigenvalue weighted by Crippen LogP contribution is -2.49. The monoisotopic (exact) mass is 414 g/mol. The molecule has 0 aliphatic carbocycles. The minimum Gasteiger partial charge on any atom is -0.488 e. The van der Waals surface area contributed by atoms with Crippen LogP contribution in [-0.2, 0) is 11.2 Å². The van der Waals surface area contributed by atoms with E-state index in [0.29, 0.717) is 48.7 Å². The molecule has 2 aromatic rings. The molecule has 0 unspecified atom stereocenters. The highest BCUT2D eigenvalue weighted by molar-refractivity contribution is 5.89. The summed E-state index contributed by atoms with van der Waals surface area (Å²) >= 11 is 0. The van der Waals surface area contributed by atoms with Gasteiger partial charge in [-0.3, -0.25) is 9.69 Å². The Hall–Kier alpha value is -2.64. The summed E-state index contributed by atoms with van der Waals surface area (Å²) in [6.07, 6.45) is -0.00207. The van der Waals surface area contributed by atoms with Crippen molar-refractivity contribution in [2.24, 2.45) is 0 Å². The molecule has 7 nitrogen and oxygen atoms in total. The smallest absolute Gasteiger partial charge is 0.340 e. The third-order valence-corrected chi connectivity index (χ3v) is 5.43. The van der Waals surface area contributed by atoms with Crippen molar-refractivity contribution < 1.29 is 19.1 Å². The number of benzene rings is 1. The van der Waals surface area contributed by atoms with E-state index in [1.807, 2.05) is 32.9 Å². The number of piperazine rings is 1. The zero-order chi connectivity index (χ0) is 21.8. The fourth-order valence-electron chi connectivity index (χ4n) is 3.78. The van der Waals surface area contributed by atoms with E-state index in [-0.39, 0.29) is 18.9 Å². The number of hydrogen-bond donors (Lipinski definition) is 1. The largest absolute Gasteiger partial charge is 0.488 e. The first kappa shape index (κ1) is 22.1. The van der Waals surface area contributed by atoms with Crippen molar-refractivity contribution in [3.05, 3.63) is 51.4 Å². The normalized spacial score (nSPS) is 14.9. The van der Waals surface area contributed by atoms with Gasteiger partial charge in [-0.2, -0.15) is 0 Å². The van der Waals surface area contributed by atoms with Crippen molar-refractivity contribution in [2.45, 2.75) is 27.2 Å². The molecule has 1 aliphatic heterocycles. The molecule has 0 spiro atoms. The van der Waals surface area contributed by atoms with Gasteiger partial charge < -0.3 is 19.2 Å². The minimum atomic E-state index is -0.483. The van der Waals surface area contributed by atoms with Gasteiger partial charge in [-0.15, -0.1) is 0 Å². The van der Waals surface area contributed by atoms with Gasteiger partial charge >= 0.3 is 5.63 Å². The molecule has 3 rings (SSSR count). The molecule has 0 atom stereocenters. The van der Waals surface area contributed by atoms with Crippen molar-refractivity contribution in [1.82, 2.24) is 9.80 Å². The predicted octanol–water partition coefficient (Wildman–Crippen LogP) is 2.04. The minimum absolute atomic E-state index is 0.00207. The van der Waals surface area contributed by atoms with Crippen LogP contribution in [0.25, 0.3) is 11.0 Å². The van der Waals surface area contributed by atoms with Gasteiger partial charge in [0.1, 0.15) is 17.9 Å². The second-order valence-electron chi connectivity index (χ2n) is 8.00. The number of carbonyl (C=O) groups is 1. The highest BCUT2D eigenvalue weighted by atomic mass is 16.5. The Kier molecular flexibility index (Phi) is 6.95. The Labute approximate surface area is 176 Å². The molecule has 1 N–H and O–H groups in total. The lowest BCUT2D eigenvalue weighted by atomic mass is 10.0. The van der Waals surface area contributed by atoms with Crippen LogP contribution in [0.15, 0.2) is 33.5 Å². The molecule has 0 saturated carbocycles. The van der Waals surface area contributed by atoms with E-state index >= 15 is 0 Å². The molecular formula is C23H30N2O5. The molecule has 1 aromatic carbocycles. The Morgan fingerprint density at radius 1 is 1.23 bits per heavy atom. The first-order chi connectivity index (χ1) is 14.3. The Balaban J connectivity index is 1.88. The summed E-state index contributed by atoms with van der Waals surface area (Å²) in [4.78, 5) is 29.4. The molecule has 0 bridgehead atoms. The van der Waals surface area contributed by atoms with Crippen LogP contribution in [-0.4, -0.2) is 66.8 Å². The van der Waals surface area contributed by atoms with Gasteiger partial charge in [0.05, 0.1) is 24.0 Å². The number of amides is 1. The van der Waals surface area contributed by atoms with Crippen molar-refractivity contribution >= 4 is 16.9 Å². The van der Waals surface area contributed by atoms with Gasteiger partial charge in [-0.1, -0.05) is 6.58 Å². The molecule has 30 heavy (non-hydrogen) atoms. The van der Waals surface area contributed by atoms with Crippen LogP contribution >= 0.6 is 0 Å². The summed E-state index contributed by atoms with van der Waals surface area (Å²) in [5, 5.41) is 9.78. The molecule has 1 fully saturated rings. The van der Waals surface area contributed by atoms with E-state index in [0.717, 1.165) is 29.6 Å². The number of fused-ring (bicyclic) bond motifs is 1. The lowest BCUT2D eigenvalue weighted by molar-refractivity contribution is -0.132. The number of aliphatic hydroxyl groups is 1. The van der Waals surface area contributed by atoms with Gasteiger partial charge in [0, 0.05) is 32.7 Å². The molecule has 1 aromatic heterocycles. The summed E-state index contributed by atoms with van der Waals surface area (Å²) in [6, 6.07) is 3.72. The number of hydrogen-bond acceptors (Lipinski definition) is 6. The van der Waals surface area contributed by atoms with Gasteiger partial charge in [0.15, 0.2) is 0 Å². The zero-order valence-electron chi connectivity index (χ0n) is 18.0. The van der Waals surface area contributed by atoms with Gasteiger partial charge in [-0.25, -0.2) is 4.79 Å². The lowest BCUT2D eigenvalue weighted by Gasteiger charge is -2.34. The summed E-state index contributed by atoms with van der Waals surface area (Å²) < 4.78 is 11.5. The molecular weight excluding hydrogens is 384 g/mol. The third kappa shape index (κ3) is 4.91. The fraction of sp³-hybridized carbons (Fsp3) is 0.478. The van der Waals surface area contributed by atoms with Crippen LogP contribution in [0.3, 0.4) is 0 Å². The van der Waals surface area contributed by atoms with E-state index < -0.39 is 5.63 Å². The van der Waals surface area contributed by atoms with E-state index in [1.165, 1.54) is 0 Å². The summed E-state index contributed by atoms with van der Waals surface area (Å²) in [6.45, 7) is 13.2. The Bertz CT molecular complexity index is 1000. The molecule has 1 amide bonds. The second-order valence-corrected chi connectivity index (χ2v) is 8.00. The van der Waals surface area contributed by atoms with Crippen LogP contribution in [0, 0.1) is 13.8 Å². The molecule has 1 saturated heterocycles. The molecule has 0 radical (unpaired) electrons. The van der Waals surface area contributed by atoms with E-state index in [1.54, 1.807) is 4.90 Å². The quantitative estimate of drug-likeness (QED) is 0.552. The number of carbonyl (C=O) groups excluding carboxylic acids is 1. The topological polar surface area (TPSA) is 83.2 Å². The first-order valence-electron chi connectivity index (χ1n) is 10.2. The number of β-amino-alcohol motifs (C(OH)–C–C–N with tert-alkyl or cyclic N) is 1. The van der Waals surface area contributed by atoms with Crippen molar-refractivity contribution in [3.8, 4) is 5.75 Å². The Morgan fingerprint density at radius 3 is 2.57 bits per heavy atom. The van der Waals surface area contributed by atoms with E-state index in [4.69, 9.17) is 14.3 Å². The highest BCUT2D eigenvalue weighted by Gasteiger charge is 2.24. The van der Waals surface area contributed by atoms with Crippen LogP contribution in [0.5, 0.6) is 5.75 Å². The van der Waals surface area contributed by atoms with Crippen molar-refractivity contribution in [2.75, 3.05) is 45.9 Å². The Morgan fingerprint density at radius 2 is 1.93 bits per heavy atom. The zero-order valence-corrected chi connectivity index (χ0v) is 18.0. The molecule has 2 heterocycles. The number of rotatable bonds is 7. The maximum absolute atomic E-state index is 12.9. The predicted molar refractivity (Wildman–Crippen MR) is 116 cm³/mol. The number of ether oxygens (including phenoxy) is 1. The first-order valence-corrected chi connectivity index (χ1v) is 10.2. The van der Waals surface area contributed by atoms with E-state index in [9.17, 15) is 9.59 Å². The fourth-order valence-corrected chi connectivity index (χ4v) is 3.78. The second kappa shape index (κ2) is 9.45. The van der Waals surface area contributed by atoms with Crippen LogP contribution in [0.4, 0.5) is 0 Å². The van der Waals surface area contributed by atoms with Crippen molar-refractivity contribution in [3.63, 3.8) is 0 Å². The van der Waals surface area contributed by atoms with Crippen LogP contribution in [0.1, 0.15) is 23.6 Å². The maximum Gasteiger partial charge on any atom is 0.340 e. The number of aryl methyl sites for hydroxylation is 2. The van der Waals surface area contributed by atoms with Gasteiger partial charge in [0.25, 0.3) is 0 Å². The SMILES string of the molecule is C=C(C)COc1cc(C)cc2oc(=O)c(CC(=O)N3CCN(CCO)CC3)c(C)c12. The van der Waals surface area contributed by atoms with Crippen LogP contribution in [0.2, 0.25) is 0 Å². The summed E-state index contributed by atoms with van der Waals surface area (Å²) in [7, 11) is 0. The number of aliphatic hydroxyl groups excluding tert-OH is 1. The maximum atomic E-state index is 12.9. The number of nitrogens with zero attached hydrogens (tertiary/aromatic N) is 2. The van der Waals surface area contributed by atoms with Crippen LogP contribution < -0.4 is 10.4 Å². The molecule has 162 valence electrons. The van der Waals surface area contributed by atoms with Crippen molar-refractivity contribution in [1.29, 1.82) is 0 Å². The summed E-state index contributed by atoms with van der Waals surface area (Å²) in [5.41, 5.74) is 2.87. The molecule has 7 heteroatoms.